The van der Waals surface area contributed by atoms with Gasteiger partial charge in [0, 0.05) is 29.7 Å². The second kappa shape index (κ2) is 5.32. The topological polar surface area (TPSA) is 59.3 Å². The molecule has 0 spiro atoms. The van der Waals surface area contributed by atoms with Crippen LogP contribution in [0.15, 0.2) is 12.3 Å². The molecule has 1 aliphatic rings. The minimum absolute atomic E-state index is 0.0733. The van der Waals surface area contributed by atoms with Crippen LogP contribution in [-0.4, -0.2) is 33.5 Å². The van der Waals surface area contributed by atoms with Crippen molar-refractivity contribution in [1.82, 2.24) is 4.98 Å². The van der Waals surface area contributed by atoms with Crippen LogP contribution in [0, 0.1) is 10.1 Å². The van der Waals surface area contributed by atoms with Gasteiger partial charge in [-0.2, -0.15) is 11.8 Å². The molecule has 0 saturated carbocycles. The molecular weight excluding hydrogens is 274 g/mol. The van der Waals surface area contributed by atoms with E-state index in [1.165, 1.54) is 12.3 Å². The number of hydrogen-bond donors (Lipinski definition) is 0. The Morgan fingerprint density at radius 3 is 2.94 bits per heavy atom. The van der Waals surface area contributed by atoms with E-state index < -0.39 is 4.92 Å². The van der Waals surface area contributed by atoms with E-state index in [0.29, 0.717) is 22.1 Å². The number of thioether (sulfide) groups is 1. The number of rotatable bonds is 2. The van der Waals surface area contributed by atoms with E-state index in [2.05, 4.69) is 23.7 Å². The van der Waals surface area contributed by atoms with Crippen LogP contribution in [0.3, 0.4) is 0 Å². The van der Waals surface area contributed by atoms with Crippen LogP contribution < -0.4 is 4.90 Å². The van der Waals surface area contributed by atoms with Crippen molar-refractivity contribution in [3.63, 3.8) is 0 Å². The highest BCUT2D eigenvalue weighted by Gasteiger charge is 2.28. The minimum atomic E-state index is -0.485. The molecule has 0 bridgehead atoms. The number of nitro groups is 1. The van der Waals surface area contributed by atoms with Crippen LogP contribution in [0.25, 0.3) is 0 Å². The molecule has 0 radical (unpaired) electrons. The lowest BCUT2D eigenvalue weighted by atomic mass is 10.2. The Morgan fingerprint density at radius 1 is 1.61 bits per heavy atom. The molecule has 18 heavy (non-hydrogen) atoms. The van der Waals surface area contributed by atoms with Crippen molar-refractivity contribution in [3.8, 4) is 0 Å². The van der Waals surface area contributed by atoms with Gasteiger partial charge in [-0.25, -0.2) is 4.98 Å². The van der Waals surface area contributed by atoms with Crippen molar-refractivity contribution in [1.29, 1.82) is 0 Å². The highest BCUT2D eigenvalue weighted by atomic mass is 35.5. The first-order valence-electron chi connectivity index (χ1n) is 5.69. The molecule has 98 valence electrons. The summed E-state index contributed by atoms with van der Waals surface area (Å²) in [6, 6.07) is 1.68. The SMILES string of the molecule is CC1SCCN(c2ncc([N+](=O)[O-])cc2Cl)C1C. The maximum absolute atomic E-state index is 10.6. The molecule has 5 nitrogen and oxygen atoms in total. The fraction of sp³-hybridized carbons (Fsp3) is 0.545. The molecule has 0 N–H and O–H groups in total. The summed E-state index contributed by atoms with van der Waals surface area (Å²) in [5.74, 6) is 1.66. The van der Waals surface area contributed by atoms with Gasteiger partial charge >= 0.3 is 0 Å². The number of nitrogens with zero attached hydrogens (tertiary/aromatic N) is 3. The van der Waals surface area contributed by atoms with Crippen LogP contribution in [-0.2, 0) is 0 Å². The number of hydrogen-bond acceptors (Lipinski definition) is 5. The van der Waals surface area contributed by atoms with Crippen LogP contribution in [0.1, 0.15) is 13.8 Å². The summed E-state index contributed by atoms with van der Waals surface area (Å²) in [6.45, 7) is 5.15. The summed E-state index contributed by atoms with van der Waals surface area (Å²) in [5, 5.41) is 11.5. The number of aromatic nitrogens is 1. The summed E-state index contributed by atoms with van der Waals surface area (Å²) >= 11 is 8.02. The maximum Gasteiger partial charge on any atom is 0.289 e. The van der Waals surface area contributed by atoms with Crippen LogP contribution in [0.5, 0.6) is 0 Å². The Bertz CT molecular complexity index is 472. The Hall–Kier alpha value is -1.01. The lowest BCUT2D eigenvalue weighted by Crippen LogP contribution is -2.45. The zero-order chi connectivity index (χ0) is 13.3. The number of anilines is 1. The van der Waals surface area contributed by atoms with Crippen LogP contribution >= 0.6 is 23.4 Å². The maximum atomic E-state index is 10.6. The molecule has 2 heterocycles. The molecule has 2 rings (SSSR count). The van der Waals surface area contributed by atoms with Crippen molar-refractivity contribution in [2.75, 3.05) is 17.2 Å². The molecule has 0 amide bonds. The molecule has 0 aromatic carbocycles. The average molecular weight is 288 g/mol. The van der Waals surface area contributed by atoms with Crippen molar-refractivity contribution in [2.45, 2.75) is 25.1 Å². The van der Waals surface area contributed by atoms with Crippen LogP contribution in [0.4, 0.5) is 11.5 Å². The summed E-state index contributed by atoms with van der Waals surface area (Å²) in [5.41, 5.74) is -0.0733. The summed E-state index contributed by atoms with van der Waals surface area (Å²) < 4.78 is 0. The molecule has 7 heteroatoms. The first-order chi connectivity index (χ1) is 8.50. The van der Waals surface area contributed by atoms with Gasteiger partial charge in [0.15, 0.2) is 0 Å². The third-order valence-electron chi connectivity index (χ3n) is 3.17. The van der Waals surface area contributed by atoms with Crippen molar-refractivity contribution in [2.24, 2.45) is 0 Å². The molecule has 2 unspecified atom stereocenters. The summed E-state index contributed by atoms with van der Waals surface area (Å²) in [6.07, 6.45) is 1.26. The van der Waals surface area contributed by atoms with Gasteiger partial charge in [-0.1, -0.05) is 18.5 Å². The fourth-order valence-electron chi connectivity index (χ4n) is 1.96. The molecule has 1 saturated heterocycles. The van der Waals surface area contributed by atoms with Gasteiger partial charge in [0.25, 0.3) is 5.69 Å². The largest absolute Gasteiger partial charge is 0.351 e. The van der Waals surface area contributed by atoms with E-state index in [9.17, 15) is 10.1 Å². The van der Waals surface area contributed by atoms with Gasteiger partial charge in [0.05, 0.1) is 9.95 Å². The van der Waals surface area contributed by atoms with E-state index in [0.717, 1.165) is 12.3 Å². The van der Waals surface area contributed by atoms with Gasteiger partial charge < -0.3 is 4.90 Å². The lowest BCUT2D eigenvalue weighted by molar-refractivity contribution is -0.385. The molecule has 1 aromatic heterocycles. The van der Waals surface area contributed by atoms with Gasteiger partial charge in [-0.15, -0.1) is 0 Å². The van der Waals surface area contributed by atoms with Crippen LogP contribution in [0.2, 0.25) is 5.02 Å². The Morgan fingerprint density at radius 2 is 2.33 bits per heavy atom. The third kappa shape index (κ3) is 2.54. The standard InChI is InChI=1S/C11H14ClN3O2S/c1-7-8(2)18-4-3-14(7)11-10(12)5-9(6-13-11)15(16)17/h5-8H,3-4H2,1-2H3. The minimum Gasteiger partial charge on any atom is -0.351 e. The Kier molecular flexibility index (Phi) is 3.97. The van der Waals surface area contributed by atoms with Gasteiger partial charge in [-0.3, -0.25) is 10.1 Å². The molecule has 2 atom stereocenters. The molecule has 0 aliphatic carbocycles. The highest BCUT2D eigenvalue weighted by molar-refractivity contribution is 8.00. The number of halogens is 1. The predicted octanol–water partition coefficient (Wildman–Crippen LogP) is 2.97. The normalized spacial score (nSPS) is 24.1. The van der Waals surface area contributed by atoms with Gasteiger partial charge in [0.2, 0.25) is 0 Å². The third-order valence-corrected chi connectivity index (χ3v) is 4.79. The van der Waals surface area contributed by atoms with E-state index in [-0.39, 0.29) is 5.69 Å². The van der Waals surface area contributed by atoms with E-state index in [4.69, 9.17) is 11.6 Å². The highest BCUT2D eigenvalue weighted by Crippen LogP contribution is 2.33. The smallest absolute Gasteiger partial charge is 0.289 e. The molecule has 1 aliphatic heterocycles. The van der Waals surface area contributed by atoms with E-state index in [1.807, 2.05) is 11.8 Å². The average Bonchev–Trinajstić information content (AvgIpc) is 2.33. The fourth-order valence-corrected chi connectivity index (χ4v) is 3.33. The first kappa shape index (κ1) is 13.4. The van der Waals surface area contributed by atoms with Crippen molar-refractivity contribution in [3.05, 3.63) is 27.4 Å². The zero-order valence-corrected chi connectivity index (χ0v) is 11.7. The van der Waals surface area contributed by atoms with Gasteiger partial charge in [-0.05, 0) is 6.92 Å². The molecular formula is C11H14ClN3O2S. The predicted molar refractivity (Wildman–Crippen MR) is 74.6 cm³/mol. The van der Waals surface area contributed by atoms with Crippen molar-refractivity contribution < 1.29 is 4.92 Å². The molecule has 1 aromatic rings. The van der Waals surface area contributed by atoms with E-state index >= 15 is 0 Å². The summed E-state index contributed by atoms with van der Waals surface area (Å²) in [7, 11) is 0. The monoisotopic (exact) mass is 287 g/mol. The number of pyridine rings is 1. The zero-order valence-electron chi connectivity index (χ0n) is 10.2. The summed E-state index contributed by atoms with van der Waals surface area (Å²) in [4.78, 5) is 16.4. The second-order valence-electron chi connectivity index (χ2n) is 4.27. The Balaban J connectivity index is 2.30. The Labute approximate surface area is 115 Å². The van der Waals surface area contributed by atoms with Gasteiger partial charge in [0.1, 0.15) is 12.0 Å². The first-order valence-corrected chi connectivity index (χ1v) is 7.11. The van der Waals surface area contributed by atoms with E-state index in [1.54, 1.807) is 0 Å². The lowest BCUT2D eigenvalue weighted by Gasteiger charge is -2.38. The quantitative estimate of drug-likeness (QED) is 0.618. The van der Waals surface area contributed by atoms with Crippen molar-refractivity contribution >= 4 is 34.9 Å². The molecule has 1 fully saturated rings. The second-order valence-corrected chi connectivity index (χ2v) is 6.16.